The van der Waals surface area contributed by atoms with Crippen LogP contribution in [0.25, 0.3) is 21.9 Å². The Hall–Kier alpha value is -4.36. The van der Waals surface area contributed by atoms with Gasteiger partial charge in [0.2, 0.25) is 5.95 Å². The van der Waals surface area contributed by atoms with Gasteiger partial charge in [0.25, 0.3) is 5.56 Å². The van der Waals surface area contributed by atoms with Gasteiger partial charge in [0.15, 0.2) is 11.2 Å². The van der Waals surface area contributed by atoms with Crippen LogP contribution in [-0.2, 0) is 29.2 Å². The van der Waals surface area contributed by atoms with Crippen molar-refractivity contribution in [3.05, 3.63) is 68.9 Å². The van der Waals surface area contributed by atoms with Crippen LogP contribution in [0.1, 0.15) is 25.3 Å². The third-order valence-electron chi connectivity index (χ3n) is 6.92. The molecule has 0 aliphatic carbocycles. The Labute approximate surface area is 219 Å². The average Bonchev–Trinajstić information content (AvgIpc) is 3.31. The first kappa shape index (κ1) is 25.3. The largest absolute Gasteiger partial charge is 0.468 e. The Bertz CT molecular complexity index is 1700. The van der Waals surface area contributed by atoms with Crippen molar-refractivity contribution in [2.24, 2.45) is 5.73 Å². The summed E-state index contributed by atoms with van der Waals surface area (Å²) < 4.78 is 8.96. The van der Waals surface area contributed by atoms with Crippen molar-refractivity contribution in [1.82, 2.24) is 18.7 Å². The van der Waals surface area contributed by atoms with Crippen LogP contribution in [-0.4, -0.2) is 50.9 Å². The number of rotatable bonds is 6. The molecular weight excluding hydrogens is 484 g/mol. The number of carbonyl (C=O) groups excluding carboxylic acids is 1. The highest BCUT2D eigenvalue weighted by Gasteiger charge is 2.27. The Kier molecular flexibility index (Phi) is 7.03. The molecule has 1 unspecified atom stereocenters. The molecule has 38 heavy (non-hydrogen) atoms. The van der Waals surface area contributed by atoms with E-state index in [1.54, 1.807) is 11.5 Å². The summed E-state index contributed by atoms with van der Waals surface area (Å²) in [6, 6.07) is 13.7. The monoisotopic (exact) mass is 514 g/mol. The molecule has 3 heterocycles. The number of methoxy groups -OCH3 is 1. The molecule has 0 saturated carbocycles. The van der Waals surface area contributed by atoms with E-state index in [4.69, 9.17) is 15.5 Å². The van der Waals surface area contributed by atoms with E-state index in [0.29, 0.717) is 19.0 Å². The SMILES string of the molecule is CC#CCn1c(N2CCCC(N)C2)nc2c1c(=O)n(Cc1ccc3ccccc3c1)c(=O)n2CC(=O)OC. The maximum atomic E-state index is 14.0. The first-order chi connectivity index (χ1) is 18.4. The molecule has 1 aliphatic rings. The number of piperidine rings is 1. The maximum absolute atomic E-state index is 14.0. The molecule has 10 heteroatoms. The quantitative estimate of drug-likeness (QED) is 0.307. The third-order valence-corrected chi connectivity index (χ3v) is 6.92. The predicted molar refractivity (Wildman–Crippen MR) is 146 cm³/mol. The van der Waals surface area contributed by atoms with Gasteiger partial charge in [-0.2, -0.15) is 4.98 Å². The van der Waals surface area contributed by atoms with Gasteiger partial charge in [0.05, 0.1) is 20.2 Å². The van der Waals surface area contributed by atoms with Gasteiger partial charge in [0, 0.05) is 19.1 Å². The zero-order valence-electron chi connectivity index (χ0n) is 21.5. The van der Waals surface area contributed by atoms with Crippen LogP contribution in [0.5, 0.6) is 0 Å². The first-order valence-electron chi connectivity index (χ1n) is 12.6. The van der Waals surface area contributed by atoms with E-state index in [1.165, 1.54) is 11.7 Å². The number of hydrogen-bond donors (Lipinski definition) is 1. The fraction of sp³-hybridized carbons (Fsp3) is 0.357. The predicted octanol–water partition coefficient (Wildman–Crippen LogP) is 1.68. The van der Waals surface area contributed by atoms with Gasteiger partial charge in [-0.25, -0.2) is 4.79 Å². The number of anilines is 1. The van der Waals surface area contributed by atoms with Gasteiger partial charge in [-0.15, -0.1) is 5.92 Å². The molecule has 0 bridgehead atoms. The standard InChI is InChI=1S/C28H30N6O4/c1-3-4-14-32-24-25(30-27(32)31-13-7-10-22(29)17-31)33(18-23(35)38-2)28(37)34(26(24)36)16-19-11-12-20-8-5-6-9-21(20)15-19/h5-6,8-9,11-12,15,22H,7,10,13-14,16-18,29H2,1-2H3. The Morgan fingerprint density at radius 2 is 1.92 bits per heavy atom. The summed E-state index contributed by atoms with van der Waals surface area (Å²) in [5.41, 5.74) is 6.25. The number of ether oxygens (including phenoxy) is 1. The second kappa shape index (κ2) is 10.6. The molecule has 1 aliphatic heterocycles. The average molecular weight is 515 g/mol. The number of hydrogen-bond acceptors (Lipinski definition) is 7. The molecular formula is C28H30N6O4. The molecule has 2 aromatic heterocycles. The molecule has 1 saturated heterocycles. The minimum atomic E-state index is -0.630. The van der Waals surface area contributed by atoms with Crippen LogP contribution in [0.3, 0.4) is 0 Å². The van der Waals surface area contributed by atoms with Gasteiger partial charge in [-0.05, 0) is 42.2 Å². The summed E-state index contributed by atoms with van der Waals surface area (Å²) in [6.07, 6.45) is 1.78. The van der Waals surface area contributed by atoms with Crippen LogP contribution in [0.4, 0.5) is 5.95 Å². The molecule has 0 spiro atoms. The molecule has 10 nitrogen and oxygen atoms in total. The number of benzene rings is 2. The van der Waals surface area contributed by atoms with Gasteiger partial charge < -0.3 is 15.4 Å². The number of aromatic nitrogens is 4. The summed E-state index contributed by atoms with van der Waals surface area (Å²) in [6.45, 7) is 2.86. The van der Waals surface area contributed by atoms with Crippen LogP contribution in [0, 0.1) is 11.8 Å². The van der Waals surface area contributed by atoms with Crippen molar-refractivity contribution < 1.29 is 9.53 Å². The number of nitrogens with two attached hydrogens (primary N) is 1. The lowest BCUT2D eigenvalue weighted by molar-refractivity contribution is -0.141. The molecule has 5 rings (SSSR count). The van der Waals surface area contributed by atoms with E-state index in [1.807, 2.05) is 47.4 Å². The zero-order valence-corrected chi connectivity index (χ0v) is 21.5. The van der Waals surface area contributed by atoms with Gasteiger partial charge in [-0.1, -0.05) is 42.3 Å². The van der Waals surface area contributed by atoms with Crippen LogP contribution in [0.2, 0.25) is 0 Å². The van der Waals surface area contributed by atoms with Crippen molar-refractivity contribution in [1.29, 1.82) is 0 Å². The first-order valence-corrected chi connectivity index (χ1v) is 12.6. The van der Waals surface area contributed by atoms with Crippen molar-refractivity contribution in [2.75, 3.05) is 25.1 Å². The molecule has 2 N–H and O–H groups in total. The van der Waals surface area contributed by atoms with Crippen molar-refractivity contribution in [3.8, 4) is 11.8 Å². The van der Waals surface area contributed by atoms with Crippen molar-refractivity contribution in [2.45, 2.75) is 45.4 Å². The summed E-state index contributed by atoms with van der Waals surface area (Å²) in [4.78, 5) is 46.7. The van der Waals surface area contributed by atoms with Crippen LogP contribution in [0.15, 0.2) is 52.1 Å². The highest BCUT2D eigenvalue weighted by Crippen LogP contribution is 2.23. The Morgan fingerprint density at radius 3 is 2.66 bits per heavy atom. The zero-order chi connectivity index (χ0) is 26.8. The van der Waals surface area contributed by atoms with E-state index in [9.17, 15) is 14.4 Å². The van der Waals surface area contributed by atoms with Crippen molar-refractivity contribution >= 4 is 33.9 Å². The topological polar surface area (TPSA) is 117 Å². The molecule has 2 aromatic carbocycles. The van der Waals surface area contributed by atoms with Gasteiger partial charge in [-0.3, -0.25) is 23.3 Å². The number of carbonyl (C=O) groups is 1. The lowest BCUT2D eigenvalue weighted by Crippen LogP contribution is -2.44. The number of esters is 1. The van der Waals surface area contributed by atoms with Crippen LogP contribution < -0.4 is 21.9 Å². The molecule has 0 radical (unpaired) electrons. The second-order valence-electron chi connectivity index (χ2n) is 9.46. The maximum Gasteiger partial charge on any atom is 0.333 e. The van der Waals surface area contributed by atoms with Gasteiger partial charge in [0.1, 0.15) is 6.54 Å². The molecule has 4 aromatic rings. The van der Waals surface area contributed by atoms with Gasteiger partial charge >= 0.3 is 11.7 Å². The van der Waals surface area contributed by atoms with E-state index >= 15 is 0 Å². The summed E-state index contributed by atoms with van der Waals surface area (Å²) in [5, 5.41) is 2.06. The summed E-state index contributed by atoms with van der Waals surface area (Å²) in [5.74, 6) is 5.79. The smallest absolute Gasteiger partial charge is 0.333 e. The molecule has 196 valence electrons. The van der Waals surface area contributed by atoms with Crippen LogP contribution >= 0.6 is 0 Å². The van der Waals surface area contributed by atoms with E-state index in [-0.39, 0.29) is 36.8 Å². The number of fused-ring (bicyclic) bond motifs is 2. The minimum Gasteiger partial charge on any atom is -0.468 e. The normalized spacial score (nSPS) is 15.4. The Balaban J connectivity index is 1.74. The minimum absolute atomic E-state index is 0.0314. The highest BCUT2D eigenvalue weighted by molar-refractivity contribution is 5.83. The lowest BCUT2D eigenvalue weighted by Gasteiger charge is -2.31. The van der Waals surface area contributed by atoms with E-state index in [0.717, 1.165) is 33.7 Å². The lowest BCUT2D eigenvalue weighted by atomic mass is 10.1. The highest BCUT2D eigenvalue weighted by atomic mass is 16.5. The van der Waals surface area contributed by atoms with E-state index in [2.05, 4.69) is 11.8 Å². The van der Waals surface area contributed by atoms with E-state index < -0.39 is 17.2 Å². The summed E-state index contributed by atoms with van der Waals surface area (Å²) in [7, 11) is 1.26. The molecule has 1 atom stereocenters. The number of nitrogens with zero attached hydrogens (tertiary/aromatic N) is 5. The fourth-order valence-corrected chi connectivity index (χ4v) is 5.02. The summed E-state index contributed by atoms with van der Waals surface area (Å²) >= 11 is 0. The second-order valence-corrected chi connectivity index (χ2v) is 9.46. The molecule has 0 amide bonds. The Morgan fingerprint density at radius 1 is 1.13 bits per heavy atom. The fourth-order valence-electron chi connectivity index (χ4n) is 5.02. The molecule has 1 fully saturated rings. The van der Waals surface area contributed by atoms with Crippen molar-refractivity contribution in [3.63, 3.8) is 0 Å². The third kappa shape index (κ3) is 4.68. The number of imidazole rings is 1.